The molecule has 4 amide bonds. The predicted molar refractivity (Wildman–Crippen MR) is 201 cm³/mol. The number of urea groups is 1. The quantitative estimate of drug-likeness (QED) is 0.0985. The molecular formula is C38H50N6O5S2. The lowest BCUT2D eigenvalue weighted by atomic mass is 9.93. The Morgan fingerprint density at radius 3 is 2.16 bits per heavy atom. The van der Waals surface area contributed by atoms with Crippen molar-refractivity contribution in [2.75, 3.05) is 7.05 Å². The first-order valence-corrected chi connectivity index (χ1v) is 19.0. The Kier molecular flexibility index (Phi) is 15.4. The summed E-state index contributed by atoms with van der Waals surface area (Å²) in [5.74, 6) is -0.0872. The highest BCUT2D eigenvalue weighted by Gasteiger charge is 2.31. The first kappa shape index (κ1) is 39.5. The molecule has 11 nitrogen and oxygen atoms in total. The lowest BCUT2D eigenvalue weighted by Gasteiger charge is -2.30. The van der Waals surface area contributed by atoms with Gasteiger partial charge in [-0.25, -0.2) is 14.6 Å². The van der Waals surface area contributed by atoms with Crippen LogP contribution in [-0.4, -0.2) is 69.3 Å². The number of carbonyl (C=O) groups excluding carboxylic acids is 3. The molecule has 0 fully saturated rings. The van der Waals surface area contributed by atoms with Gasteiger partial charge in [0.2, 0.25) is 5.91 Å². The van der Waals surface area contributed by atoms with Gasteiger partial charge >= 0.3 is 12.1 Å². The smallest absolute Gasteiger partial charge is 0.407 e. The van der Waals surface area contributed by atoms with Crippen LogP contribution in [0.3, 0.4) is 0 Å². The molecule has 4 aromatic rings. The van der Waals surface area contributed by atoms with Crippen molar-refractivity contribution < 1.29 is 24.2 Å². The van der Waals surface area contributed by atoms with Gasteiger partial charge in [-0.3, -0.25) is 9.78 Å². The fourth-order valence-corrected chi connectivity index (χ4v) is 7.10. The number of rotatable bonds is 18. The van der Waals surface area contributed by atoms with E-state index in [0.29, 0.717) is 25.3 Å². The third kappa shape index (κ3) is 13.4. The van der Waals surface area contributed by atoms with Crippen molar-refractivity contribution in [2.24, 2.45) is 11.8 Å². The Bertz CT molecular complexity index is 1630. The van der Waals surface area contributed by atoms with Gasteiger partial charge < -0.3 is 30.7 Å². The van der Waals surface area contributed by atoms with Gasteiger partial charge in [0.25, 0.3) is 0 Å². The van der Waals surface area contributed by atoms with E-state index in [1.807, 2.05) is 79.9 Å². The zero-order valence-corrected chi connectivity index (χ0v) is 31.6. The van der Waals surface area contributed by atoms with E-state index < -0.39 is 30.3 Å². The molecule has 0 radical (unpaired) electrons. The number of carbonyl (C=O) groups is 3. The van der Waals surface area contributed by atoms with Gasteiger partial charge in [0.1, 0.15) is 12.6 Å². The molecule has 51 heavy (non-hydrogen) atoms. The van der Waals surface area contributed by atoms with Crippen molar-refractivity contribution in [2.45, 2.75) is 90.8 Å². The molecule has 0 aliphatic carbocycles. The number of aromatic nitrogens is 2. The molecule has 0 aliphatic rings. The van der Waals surface area contributed by atoms with Crippen molar-refractivity contribution in [1.29, 1.82) is 0 Å². The normalized spacial score (nSPS) is 13.6. The van der Waals surface area contributed by atoms with Gasteiger partial charge in [-0.15, -0.1) is 22.7 Å². The first-order chi connectivity index (χ1) is 24.5. The molecule has 0 bridgehead atoms. The Morgan fingerprint density at radius 1 is 0.882 bits per heavy atom. The predicted octanol–water partition coefficient (Wildman–Crippen LogP) is 5.98. The highest BCUT2D eigenvalue weighted by molar-refractivity contribution is 7.09. The molecule has 274 valence electrons. The summed E-state index contributed by atoms with van der Waals surface area (Å²) in [4.78, 5) is 51.1. The number of ether oxygens (including phenoxy) is 1. The van der Waals surface area contributed by atoms with Gasteiger partial charge in [-0.05, 0) is 42.2 Å². The SMILES string of the molecule is CC(C)Cc1nc(CN(C)C(=O)N[C@H](C(=O)N[C@@H](Cc2ccccc2)C[C@H](O)[C@H](Cc2ccccc2)NC(=O)OCc2cncs2)C(C)C)cs1. The van der Waals surface area contributed by atoms with Gasteiger partial charge in [0.05, 0.1) is 39.8 Å². The number of amides is 4. The van der Waals surface area contributed by atoms with E-state index in [2.05, 4.69) is 39.8 Å². The number of hydrogen-bond acceptors (Lipinski definition) is 9. The second-order valence-corrected chi connectivity index (χ2v) is 15.5. The molecule has 13 heteroatoms. The average Bonchev–Trinajstić information content (AvgIpc) is 3.78. The standard InChI is InChI=1S/C38H50N6O5S2/c1-25(2)16-34-40-30(23-50-34)21-44(5)37(47)43-35(26(3)4)36(46)41-29(17-27-12-8-6-9-13-27)19-33(45)32(18-28-14-10-7-11-15-28)42-38(48)49-22-31-20-39-24-51-31/h6-15,20,23-26,29,32-33,35,45H,16-19,21-22H2,1-5H3,(H,41,46)(H,42,48)(H,43,47)/t29-,32-,33-,35-/m0/s1. The maximum atomic E-state index is 13.9. The third-order valence-electron chi connectivity index (χ3n) is 8.25. The van der Waals surface area contributed by atoms with Gasteiger partial charge in [0.15, 0.2) is 0 Å². The number of aliphatic hydroxyl groups excluding tert-OH is 1. The highest BCUT2D eigenvalue weighted by atomic mass is 32.1. The van der Waals surface area contributed by atoms with Crippen molar-refractivity contribution in [1.82, 2.24) is 30.8 Å². The number of alkyl carbamates (subject to hydrolysis) is 1. The van der Waals surface area contributed by atoms with E-state index in [1.165, 1.54) is 16.2 Å². The van der Waals surface area contributed by atoms with Crippen LogP contribution in [0.15, 0.2) is 77.8 Å². The second-order valence-electron chi connectivity index (χ2n) is 13.5. The van der Waals surface area contributed by atoms with Crippen LogP contribution < -0.4 is 16.0 Å². The van der Waals surface area contributed by atoms with Crippen LogP contribution >= 0.6 is 22.7 Å². The minimum Gasteiger partial charge on any atom is -0.444 e. The summed E-state index contributed by atoms with van der Waals surface area (Å²) in [6.45, 7) is 8.43. The number of aliphatic hydroxyl groups is 1. The van der Waals surface area contributed by atoms with Crippen LogP contribution in [0.5, 0.6) is 0 Å². The zero-order valence-electron chi connectivity index (χ0n) is 30.0. The van der Waals surface area contributed by atoms with Crippen LogP contribution in [0, 0.1) is 11.8 Å². The van der Waals surface area contributed by atoms with Gasteiger partial charge in [-0.2, -0.15) is 0 Å². The van der Waals surface area contributed by atoms with Crippen molar-refractivity contribution in [3.05, 3.63) is 104 Å². The Morgan fingerprint density at radius 2 is 1.55 bits per heavy atom. The van der Waals surface area contributed by atoms with E-state index in [1.54, 1.807) is 30.1 Å². The van der Waals surface area contributed by atoms with Crippen molar-refractivity contribution in [3.8, 4) is 0 Å². The minimum absolute atomic E-state index is 0.0672. The summed E-state index contributed by atoms with van der Waals surface area (Å²) in [5.41, 5.74) is 4.37. The number of thiazole rings is 2. The molecule has 0 aliphatic heterocycles. The molecule has 2 heterocycles. The maximum absolute atomic E-state index is 13.9. The molecule has 4 N–H and O–H groups in total. The summed E-state index contributed by atoms with van der Waals surface area (Å²) >= 11 is 2.97. The molecule has 0 saturated carbocycles. The third-order valence-corrected chi connectivity index (χ3v) is 9.92. The molecule has 0 spiro atoms. The van der Waals surface area contributed by atoms with Crippen LogP contribution in [0.4, 0.5) is 9.59 Å². The fourth-order valence-electron chi connectivity index (χ4n) is 5.59. The van der Waals surface area contributed by atoms with E-state index in [9.17, 15) is 19.5 Å². The van der Waals surface area contributed by atoms with Gasteiger partial charge in [0, 0.05) is 31.1 Å². The van der Waals surface area contributed by atoms with Crippen LogP contribution in [0.1, 0.15) is 60.8 Å². The minimum atomic E-state index is -1.05. The number of benzene rings is 2. The first-order valence-electron chi connectivity index (χ1n) is 17.3. The topological polar surface area (TPSA) is 146 Å². The summed E-state index contributed by atoms with van der Waals surface area (Å²) in [5, 5.41) is 23.6. The summed E-state index contributed by atoms with van der Waals surface area (Å²) < 4.78 is 5.43. The van der Waals surface area contributed by atoms with Crippen molar-refractivity contribution >= 4 is 40.7 Å². The lowest BCUT2D eigenvalue weighted by molar-refractivity contribution is -0.124. The Labute approximate surface area is 308 Å². The molecule has 0 saturated heterocycles. The van der Waals surface area contributed by atoms with E-state index in [0.717, 1.165) is 33.1 Å². The molecule has 4 atom stereocenters. The zero-order chi connectivity index (χ0) is 36.8. The van der Waals surface area contributed by atoms with Gasteiger partial charge in [-0.1, -0.05) is 88.4 Å². The summed E-state index contributed by atoms with van der Waals surface area (Å²) in [6, 6.07) is 16.8. The molecule has 0 unspecified atom stereocenters. The van der Waals surface area contributed by atoms with Crippen LogP contribution in [0.25, 0.3) is 0 Å². The average molecular weight is 735 g/mol. The highest BCUT2D eigenvalue weighted by Crippen LogP contribution is 2.18. The molecule has 2 aromatic carbocycles. The van der Waals surface area contributed by atoms with E-state index >= 15 is 0 Å². The monoisotopic (exact) mass is 734 g/mol. The largest absolute Gasteiger partial charge is 0.444 e. The van der Waals surface area contributed by atoms with Crippen LogP contribution in [0.2, 0.25) is 0 Å². The Balaban J connectivity index is 1.45. The molecule has 2 aromatic heterocycles. The van der Waals surface area contributed by atoms with Crippen molar-refractivity contribution in [3.63, 3.8) is 0 Å². The van der Waals surface area contributed by atoms with E-state index in [4.69, 9.17) is 4.74 Å². The maximum Gasteiger partial charge on any atom is 0.407 e. The fraction of sp³-hybridized carbons (Fsp3) is 0.447. The Hall–Kier alpha value is -4.33. The van der Waals surface area contributed by atoms with E-state index in [-0.39, 0.29) is 30.9 Å². The second kappa shape index (κ2) is 19.9. The lowest BCUT2D eigenvalue weighted by Crippen LogP contribution is -2.55. The molecular weight excluding hydrogens is 685 g/mol. The summed E-state index contributed by atoms with van der Waals surface area (Å²) in [7, 11) is 1.68. The number of hydrogen-bond donors (Lipinski definition) is 4. The summed E-state index contributed by atoms with van der Waals surface area (Å²) in [6.07, 6.45) is 1.72. The molecule has 4 rings (SSSR count). The number of nitrogens with one attached hydrogen (secondary N) is 3. The van der Waals surface area contributed by atoms with Crippen LogP contribution in [-0.2, 0) is 41.9 Å². The number of nitrogens with zero attached hydrogens (tertiary/aromatic N) is 3.